The van der Waals surface area contributed by atoms with Gasteiger partial charge in [-0.2, -0.15) is 8.78 Å². The number of primary amides is 1. The monoisotopic (exact) mass is 959 g/mol. The van der Waals surface area contributed by atoms with E-state index in [0.29, 0.717) is 30.4 Å². The highest BCUT2D eigenvalue weighted by atomic mass is 31.2. The average molecular weight is 960 g/mol. The Labute approximate surface area is 390 Å². The second kappa shape index (κ2) is 23.0. The van der Waals surface area contributed by atoms with Crippen molar-refractivity contribution < 1.29 is 65.4 Å². The van der Waals surface area contributed by atoms with Gasteiger partial charge in [0.25, 0.3) is 0 Å². The number of hydrogen-bond donors (Lipinski definition) is 4. The van der Waals surface area contributed by atoms with Crippen molar-refractivity contribution in [1.29, 1.82) is 0 Å². The minimum atomic E-state index is -5.57. The van der Waals surface area contributed by atoms with Crippen molar-refractivity contribution >= 4 is 54.6 Å². The number of carbonyl (C=O) groups is 7. The van der Waals surface area contributed by atoms with Crippen LogP contribution < -0.4 is 21.7 Å². The zero-order valence-electron chi connectivity index (χ0n) is 39.4. The number of benzene rings is 2. The van der Waals surface area contributed by atoms with E-state index in [1.807, 2.05) is 37.3 Å². The highest BCUT2D eigenvalue weighted by molar-refractivity contribution is 7.54. The summed E-state index contributed by atoms with van der Waals surface area (Å²) < 4.78 is 65.6. The molecule has 0 radical (unpaired) electrons. The first kappa shape index (κ1) is 54.1. The van der Waals surface area contributed by atoms with Crippen LogP contribution in [-0.2, 0) is 68.9 Å². The Kier molecular flexibility index (Phi) is 18.6. The molecule has 368 valence electrons. The van der Waals surface area contributed by atoms with E-state index >= 15 is 8.78 Å². The number of carbonyl (C=O) groups excluding carboxylic acids is 7. The number of halogens is 2. The molecule has 2 aliphatic rings. The van der Waals surface area contributed by atoms with Crippen LogP contribution in [0.4, 0.5) is 8.78 Å². The number of amides is 5. The van der Waals surface area contributed by atoms with Gasteiger partial charge in [0.05, 0.1) is 10.8 Å². The minimum Gasteiger partial charge on any atom is -0.438 e. The van der Waals surface area contributed by atoms with E-state index in [4.69, 9.17) is 24.3 Å². The van der Waals surface area contributed by atoms with Crippen LogP contribution in [0.15, 0.2) is 60.7 Å². The van der Waals surface area contributed by atoms with E-state index < -0.39 is 103 Å². The van der Waals surface area contributed by atoms with Gasteiger partial charge in [-0.1, -0.05) is 74.4 Å². The molecule has 0 aromatic heterocycles. The van der Waals surface area contributed by atoms with Crippen LogP contribution in [0.3, 0.4) is 0 Å². The summed E-state index contributed by atoms with van der Waals surface area (Å²) in [7, 11) is -5.57. The molecule has 0 spiro atoms. The fourth-order valence-electron chi connectivity index (χ4n) is 7.13. The third-order valence-electron chi connectivity index (χ3n) is 11.2. The summed E-state index contributed by atoms with van der Waals surface area (Å²) in [6.45, 7) is 10.7. The molecule has 0 bridgehead atoms. The van der Waals surface area contributed by atoms with Crippen molar-refractivity contribution in [3.63, 3.8) is 0 Å². The Hall–Kier alpha value is -5.52. The van der Waals surface area contributed by atoms with E-state index in [2.05, 4.69) is 16.0 Å². The van der Waals surface area contributed by atoms with Crippen molar-refractivity contribution in [3.05, 3.63) is 77.4 Å². The molecule has 1 saturated carbocycles. The van der Waals surface area contributed by atoms with Crippen LogP contribution in [0.25, 0.3) is 5.57 Å². The molecule has 4 rings (SSSR count). The van der Waals surface area contributed by atoms with Crippen LogP contribution in [0, 0.1) is 22.7 Å². The number of piperidine rings is 1. The summed E-state index contributed by atoms with van der Waals surface area (Å²) in [6.07, 6.45) is 3.15. The Morgan fingerprint density at radius 1 is 0.851 bits per heavy atom. The fraction of sp³-hybridized carbons (Fsp3) is 0.553. The van der Waals surface area contributed by atoms with Gasteiger partial charge in [-0.25, -0.2) is 0 Å². The molecular formula is C47H64F2N5O12P. The molecule has 1 saturated heterocycles. The number of alkyl halides is 2. The Morgan fingerprint density at radius 3 is 1.97 bits per heavy atom. The van der Waals surface area contributed by atoms with Gasteiger partial charge in [0.1, 0.15) is 18.1 Å². The minimum absolute atomic E-state index is 0.0553. The molecule has 1 heterocycles. The van der Waals surface area contributed by atoms with Crippen LogP contribution >= 0.6 is 7.60 Å². The lowest BCUT2D eigenvalue weighted by atomic mass is 9.98. The highest BCUT2D eigenvalue weighted by Crippen LogP contribution is 2.67. The van der Waals surface area contributed by atoms with Crippen molar-refractivity contribution in [2.45, 2.75) is 124 Å². The van der Waals surface area contributed by atoms with Gasteiger partial charge in [-0.05, 0) is 96.3 Å². The largest absolute Gasteiger partial charge is 0.438 e. The number of allylic oxidation sites excluding steroid dienone is 1. The number of nitrogens with one attached hydrogen (secondary N) is 3. The molecule has 2 aromatic carbocycles. The standard InChI is InChI=1S/C47H64F2N5O12P/c1-9-10-16-36(42(59)54-26-32-24-34(32)39(54)41(58)53-35(21-22-37(50)55)40(57)51-25-30-14-12-11-13-15-30)52-38(56)23-29(2)31-17-19-33(20-18-31)47(48,49)67(62,65-27-63-43(60)45(3,4)5)66-28-64-44(61)46(6,7)8/h11-15,17-20,23,32,34-36,39H,9-10,16,21-22,24-28H2,1-8H3,(H2,50,55)(H,51,57)(H,52,56)(H,53,58)/b29-23+/t32-,34-,35?,36+,39?/m1/s1. The number of nitrogens with zero attached hydrogens (tertiary/aromatic N) is 1. The van der Waals surface area contributed by atoms with Crippen molar-refractivity contribution in [1.82, 2.24) is 20.9 Å². The number of nitrogens with two attached hydrogens (primary N) is 1. The van der Waals surface area contributed by atoms with Gasteiger partial charge < -0.3 is 36.1 Å². The van der Waals surface area contributed by atoms with Crippen LogP contribution in [0.1, 0.15) is 111 Å². The van der Waals surface area contributed by atoms with Gasteiger partial charge >= 0.3 is 25.2 Å². The maximum absolute atomic E-state index is 16.1. The zero-order valence-corrected chi connectivity index (χ0v) is 40.3. The number of fused-ring (bicyclic) bond motifs is 1. The number of ether oxygens (including phenoxy) is 2. The Bertz CT molecular complexity index is 2160. The normalized spacial score (nSPS) is 18.2. The van der Waals surface area contributed by atoms with Gasteiger partial charge in [-0.3, -0.25) is 47.2 Å². The molecule has 2 fully saturated rings. The summed E-state index contributed by atoms with van der Waals surface area (Å²) >= 11 is 0. The Morgan fingerprint density at radius 2 is 1.43 bits per heavy atom. The molecule has 1 aliphatic carbocycles. The summed E-state index contributed by atoms with van der Waals surface area (Å²) in [5, 5.41) is 8.30. The van der Waals surface area contributed by atoms with Gasteiger partial charge in [0.15, 0.2) is 0 Å². The highest BCUT2D eigenvalue weighted by Gasteiger charge is 2.58. The molecule has 2 aromatic rings. The fourth-order valence-corrected chi connectivity index (χ4v) is 8.38. The summed E-state index contributed by atoms with van der Waals surface area (Å²) in [6, 6.07) is 10.4. The van der Waals surface area contributed by atoms with Crippen molar-refractivity contribution in [2.24, 2.45) is 28.4 Å². The first-order valence-electron chi connectivity index (χ1n) is 22.2. The molecule has 1 aliphatic heterocycles. The lowest BCUT2D eigenvalue weighted by molar-refractivity contribution is -0.163. The molecule has 5 amide bonds. The van der Waals surface area contributed by atoms with Crippen LogP contribution in [-0.4, -0.2) is 84.6 Å². The molecule has 67 heavy (non-hydrogen) atoms. The Balaban J connectivity index is 1.48. The van der Waals surface area contributed by atoms with E-state index in [0.717, 1.165) is 17.7 Å². The van der Waals surface area contributed by atoms with Crippen molar-refractivity contribution in [2.75, 3.05) is 20.1 Å². The van der Waals surface area contributed by atoms with Gasteiger partial charge in [0, 0.05) is 31.1 Å². The molecular weight excluding hydrogens is 896 g/mol. The van der Waals surface area contributed by atoms with E-state index in [1.54, 1.807) is 6.92 Å². The van der Waals surface area contributed by atoms with E-state index in [-0.39, 0.29) is 44.2 Å². The second-order valence-electron chi connectivity index (χ2n) is 18.9. The predicted molar refractivity (Wildman–Crippen MR) is 242 cm³/mol. The first-order chi connectivity index (χ1) is 31.3. The third-order valence-corrected chi connectivity index (χ3v) is 13.1. The molecule has 5 N–H and O–H groups in total. The van der Waals surface area contributed by atoms with Gasteiger partial charge in [-0.15, -0.1) is 0 Å². The van der Waals surface area contributed by atoms with E-state index in [1.165, 1.54) is 64.7 Å². The third kappa shape index (κ3) is 15.0. The first-order valence-corrected chi connectivity index (χ1v) is 23.7. The topological polar surface area (TPSA) is 239 Å². The van der Waals surface area contributed by atoms with E-state index in [9.17, 15) is 38.1 Å². The number of esters is 2. The maximum Gasteiger partial charge on any atom is 0.410 e. The lowest BCUT2D eigenvalue weighted by Gasteiger charge is -2.31. The quantitative estimate of drug-likeness (QED) is 0.0431. The van der Waals surface area contributed by atoms with Gasteiger partial charge in [0.2, 0.25) is 43.1 Å². The number of unbranched alkanes of at least 4 members (excludes halogenated alkanes) is 1. The summed E-state index contributed by atoms with van der Waals surface area (Å²) in [4.78, 5) is 92.6. The maximum atomic E-state index is 16.1. The average Bonchev–Trinajstić information content (AvgIpc) is 3.92. The smallest absolute Gasteiger partial charge is 0.410 e. The van der Waals surface area contributed by atoms with Crippen molar-refractivity contribution in [3.8, 4) is 0 Å². The molecule has 5 atom stereocenters. The molecule has 17 nitrogen and oxygen atoms in total. The molecule has 20 heteroatoms. The van der Waals surface area contributed by atoms with Crippen LogP contribution in [0.5, 0.6) is 0 Å². The number of hydrogen-bond acceptors (Lipinski definition) is 12. The zero-order chi connectivity index (χ0) is 49.9. The SMILES string of the molecule is CCCC[C@H](NC(=O)/C=C(\C)c1ccc(C(F)(F)P(=O)(OCOC(=O)C(C)(C)C)OCOC(=O)C(C)(C)C)cc1)C(=O)N1C[C@H]2C[C@H]2C1C(=O)NC(CCC(N)=O)C(=O)NCc1ccccc1. The number of rotatable bonds is 23. The molecule has 2 unspecified atom stereocenters. The summed E-state index contributed by atoms with van der Waals surface area (Å²) in [5.41, 5.74) is -0.460. The lowest BCUT2D eigenvalue weighted by Crippen LogP contribution is -2.57. The second-order valence-corrected chi connectivity index (χ2v) is 20.9. The summed E-state index contributed by atoms with van der Waals surface area (Å²) in [5.74, 6) is -4.64. The van der Waals surface area contributed by atoms with Crippen LogP contribution in [0.2, 0.25) is 0 Å². The number of likely N-dealkylation sites (tertiary alicyclic amines) is 1. The predicted octanol–water partition coefficient (Wildman–Crippen LogP) is 6.05.